The predicted octanol–water partition coefficient (Wildman–Crippen LogP) is 2.21. The number of aromatic carboxylic acids is 2. The number of carboxylic acid groups (broad SMARTS) is 2. The smallest absolute Gasteiger partial charge is 0.342 e. The average molecular weight is 394 g/mol. The van der Waals surface area contributed by atoms with Crippen molar-refractivity contribution >= 4 is 24.0 Å². The van der Waals surface area contributed by atoms with E-state index in [9.17, 15) is 34.5 Å². The van der Waals surface area contributed by atoms with Gasteiger partial charge in [0.05, 0.1) is 5.56 Å². The third-order valence-electron chi connectivity index (χ3n) is 4.34. The molecule has 0 saturated heterocycles. The lowest BCUT2D eigenvalue weighted by Gasteiger charge is -2.13. The highest BCUT2D eigenvalue weighted by Crippen LogP contribution is 2.32. The normalized spacial score (nSPS) is 10.5. The number of carbonyl (C=O) groups is 3. The van der Waals surface area contributed by atoms with Crippen molar-refractivity contribution in [2.75, 3.05) is 5.73 Å². The van der Waals surface area contributed by atoms with E-state index in [1.165, 1.54) is 24.3 Å². The topological polar surface area (TPSA) is 171 Å². The van der Waals surface area contributed by atoms with E-state index in [2.05, 4.69) is 0 Å². The van der Waals surface area contributed by atoms with Gasteiger partial charge in [-0.3, -0.25) is 9.59 Å². The van der Waals surface area contributed by atoms with Crippen LogP contribution in [0.2, 0.25) is 0 Å². The van der Waals surface area contributed by atoms with Crippen LogP contribution in [0.15, 0.2) is 47.3 Å². The van der Waals surface area contributed by atoms with Crippen molar-refractivity contribution < 1.29 is 29.7 Å². The molecule has 2 aromatic carbocycles. The first-order valence-corrected chi connectivity index (χ1v) is 8.16. The highest BCUT2D eigenvalue weighted by molar-refractivity contribution is 6.07. The Hall–Kier alpha value is -4.40. The molecule has 6 N–H and O–H groups in total. The van der Waals surface area contributed by atoms with E-state index in [1.54, 1.807) is 18.2 Å². The number of H-pyrrole nitrogens is 1. The van der Waals surface area contributed by atoms with Gasteiger partial charge in [0, 0.05) is 5.56 Å². The van der Waals surface area contributed by atoms with E-state index in [-0.39, 0.29) is 22.4 Å². The molecule has 146 valence electrons. The van der Waals surface area contributed by atoms with Crippen molar-refractivity contribution in [1.29, 1.82) is 0 Å². The first-order valence-electron chi connectivity index (χ1n) is 8.16. The lowest BCUT2D eigenvalue weighted by molar-refractivity contribution is 0.0695. The Labute approximate surface area is 162 Å². The van der Waals surface area contributed by atoms with Crippen molar-refractivity contribution in [3.63, 3.8) is 0 Å². The molecule has 0 unspecified atom stereocenters. The number of pyridine rings is 1. The van der Waals surface area contributed by atoms with Gasteiger partial charge in [-0.25, -0.2) is 9.59 Å². The van der Waals surface area contributed by atoms with Crippen molar-refractivity contribution in [3.05, 3.63) is 69.5 Å². The zero-order chi connectivity index (χ0) is 21.3. The van der Waals surface area contributed by atoms with E-state index in [0.29, 0.717) is 17.4 Å². The highest BCUT2D eigenvalue weighted by atomic mass is 16.4. The molecule has 9 heteroatoms. The number of aromatic nitrogens is 1. The number of nitrogens with one attached hydrogen (secondary N) is 1. The highest BCUT2D eigenvalue weighted by Gasteiger charge is 2.26. The van der Waals surface area contributed by atoms with Gasteiger partial charge in [0.2, 0.25) is 0 Å². The summed E-state index contributed by atoms with van der Waals surface area (Å²) in [6, 6.07) is 10.4. The Bertz CT molecular complexity index is 1210. The second-order valence-corrected chi connectivity index (χ2v) is 6.07. The van der Waals surface area contributed by atoms with Crippen molar-refractivity contribution in [1.82, 2.24) is 4.98 Å². The molecular formula is C20H14N2O7. The number of aromatic hydroxyl groups is 1. The van der Waals surface area contributed by atoms with E-state index >= 15 is 0 Å². The Morgan fingerprint density at radius 1 is 0.897 bits per heavy atom. The Kier molecular flexibility index (Phi) is 4.88. The molecule has 0 amide bonds. The largest absolute Gasteiger partial charge is 0.507 e. The molecule has 0 fully saturated rings. The summed E-state index contributed by atoms with van der Waals surface area (Å²) >= 11 is 0. The Morgan fingerprint density at radius 3 is 1.97 bits per heavy atom. The van der Waals surface area contributed by atoms with Gasteiger partial charge >= 0.3 is 11.9 Å². The minimum atomic E-state index is -1.60. The quantitative estimate of drug-likeness (QED) is 0.410. The molecule has 0 aliphatic carbocycles. The van der Waals surface area contributed by atoms with Gasteiger partial charge < -0.3 is 26.0 Å². The summed E-state index contributed by atoms with van der Waals surface area (Å²) in [7, 11) is 0. The van der Waals surface area contributed by atoms with Crippen LogP contribution in [0.1, 0.15) is 31.1 Å². The van der Waals surface area contributed by atoms with Crippen molar-refractivity contribution in [3.8, 4) is 28.0 Å². The zero-order valence-electron chi connectivity index (χ0n) is 14.7. The van der Waals surface area contributed by atoms with Gasteiger partial charge in [-0.15, -0.1) is 0 Å². The Morgan fingerprint density at radius 2 is 1.45 bits per heavy atom. The lowest BCUT2D eigenvalue weighted by Crippen LogP contribution is -2.24. The fourth-order valence-electron chi connectivity index (χ4n) is 2.99. The molecule has 3 aromatic rings. The number of nitrogens with two attached hydrogens (primary N) is 1. The molecule has 0 bridgehead atoms. The molecular weight excluding hydrogens is 380 g/mol. The number of aldehydes is 1. The summed E-state index contributed by atoms with van der Waals surface area (Å²) in [5.41, 5.74) is 4.48. The number of phenolic OH excluding ortho intramolecular Hbond substituents is 1. The maximum atomic E-state index is 12.1. The zero-order valence-corrected chi connectivity index (χ0v) is 14.7. The van der Waals surface area contributed by atoms with Crippen molar-refractivity contribution in [2.45, 2.75) is 0 Å². The first-order chi connectivity index (χ1) is 13.7. The van der Waals surface area contributed by atoms with Crippen LogP contribution >= 0.6 is 0 Å². The maximum Gasteiger partial charge on any atom is 0.342 e. The fourth-order valence-corrected chi connectivity index (χ4v) is 2.99. The van der Waals surface area contributed by atoms with Gasteiger partial charge in [0.15, 0.2) is 6.29 Å². The number of aromatic amines is 1. The van der Waals surface area contributed by atoms with Crippen LogP contribution < -0.4 is 11.3 Å². The number of hydrogen-bond donors (Lipinski definition) is 5. The van der Waals surface area contributed by atoms with E-state index in [4.69, 9.17) is 5.73 Å². The molecule has 0 aliphatic rings. The van der Waals surface area contributed by atoms with Crippen LogP contribution in [-0.2, 0) is 0 Å². The third kappa shape index (κ3) is 3.44. The molecule has 0 aliphatic heterocycles. The molecule has 29 heavy (non-hydrogen) atoms. The SMILES string of the molecule is Nc1[nH]c(=O)c(C(=O)O)c(-c2ccc(-c3ccc(C=O)c(O)c3)cc2)c1C(=O)O. The van der Waals surface area contributed by atoms with Crippen LogP contribution in [0.25, 0.3) is 22.3 Å². The monoisotopic (exact) mass is 394 g/mol. The Balaban J connectivity index is 2.19. The maximum absolute atomic E-state index is 12.1. The number of anilines is 1. The lowest BCUT2D eigenvalue weighted by atomic mass is 9.93. The summed E-state index contributed by atoms with van der Waals surface area (Å²) in [4.78, 5) is 48.1. The van der Waals surface area contributed by atoms with E-state index in [1.807, 2.05) is 4.98 Å². The van der Waals surface area contributed by atoms with Gasteiger partial charge in [0.25, 0.3) is 5.56 Å². The second-order valence-electron chi connectivity index (χ2n) is 6.07. The number of benzene rings is 2. The van der Waals surface area contributed by atoms with E-state index in [0.717, 1.165) is 0 Å². The number of rotatable bonds is 5. The number of carboxylic acids is 2. The van der Waals surface area contributed by atoms with Crippen LogP contribution in [0.3, 0.4) is 0 Å². The van der Waals surface area contributed by atoms with Crippen LogP contribution in [-0.4, -0.2) is 38.5 Å². The van der Waals surface area contributed by atoms with Gasteiger partial charge in [-0.1, -0.05) is 30.3 Å². The number of hydrogen-bond acceptors (Lipinski definition) is 6. The number of phenols is 1. The molecule has 0 saturated carbocycles. The second kappa shape index (κ2) is 7.31. The first kappa shape index (κ1) is 19.4. The summed E-state index contributed by atoms with van der Waals surface area (Å²) in [6.07, 6.45) is 0.514. The molecule has 1 aromatic heterocycles. The molecule has 9 nitrogen and oxygen atoms in total. The average Bonchev–Trinajstić information content (AvgIpc) is 2.66. The van der Waals surface area contributed by atoms with Crippen molar-refractivity contribution in [2.24, 2.45) is 0 Å². The van der Waals surface area contributed by atoms with Gasteiger partial charge in [-0.05, 0) is 28.8 Å². The summed E-state index contributed by atoms with van der Waals surface area (Å²) in [6.45, 7) is 0. The fraction of sp³-hybridized carbons (Fsp3) is 0. The van der Waals surface area contributed by atoms with Gasteiger partial charge in [0.1, 0.15) is 22.7 Å². The number of nitrogen functional groups attached to an aromatic ring is 1. The van der Waals surface area contributed by atoms with Crippen LogP contribution in [0.5, 0.6) is 5.75 Å². The molecule has 0 spiro atoms. The van der Waals surface area contributed by atoms with Gasteiger partial charge in [-0.2, -0.15) is 0 Å². The van der Waals surface area contributed by atoms with Crippen LogP contribution in [0, 0.1) is 0 Å². The molecule has 3 rings (SSSR count). The van der Waals surface area contributed by atoms with Crippen LogP contribution in [0.4, 0.5) is 5.82 Å². The minimum Gasteiger partial charge on any atom is -0.507 e. The predicted molar refractivity (Wildman–Crippen MR) is 103 cm³/mol. The molecule has 0 radical (unpaired) electrons. The summed E-state index contributed by atoms with van der Waals surface area (Å²) < 4.78 is 0. The van der Waals surface area contributed by atoms with E-state index < -0.39 is 34.4 Å². The third-order valence-corrected chi connectivity index (χ3v) is 4.34. The standard InChI is InChI=1S/C20H14N2O7/c21-17-15(19(26)27)14(16(20(28)29)18(25)22-17)10-3-1-9(2-4-10)11-5-6-12(8-23)13(24)7-11/h1-8,24H,(H,26,27)(H,28,29)(H3,21,22,25). The molecule has 0 atom stereocenters. The number of carbonyl (C=O) groups excluding carboxylic acids is 1. The molecule has 1 heterocycles. The summed E-state index contributed by atoms with van der Waals surface area (Å²) in [5, 5.41) is 28.7. The summed E-state index contributed by atoms with van der Waals surface area (Å²) in [5.74, 6) is -3.75. The minimum absolute atomic E-state index is 0.126.